The summed E-state index contributed by atoms with van der Waals surface area (Å²) < 4.78 is 0. The first-order chi connectivity index (χ1) is 11.4. The van der Waals surface area contributed by atoms with Crippen LogP contribution in [0.3, 0.4) is 0 Å². The van der Waals surface area contributed by atoms with Crippen LogP contribution in [0.4, 0.5) is 5.69 Å². The van der Waals surface area contributed by atoms with Gasteiger partial charge in [0.05, 0.1) is 0 Å². The molecule has 1 aromatic carbocycles. The molecule has 6 nitrogen and oxygen atoms in total. The topological polar surface area (TPSA) is 77.9 Å². The van der Waals surface area contributed by atoms with Crippen molar-refractivity contribution in [2.45, 2.75) is 45.6 Å². The zero-order valence-electron chi connectivity index (χ0n) is 14.2. The minimum Gasteiger partial charge on any atom is -0.480 e. The molecule has 0 radical (unpaired) electrons. The van der Waals surface area contributed by atoms with Crippen LogP contribution in [0.1, 0.15) is 38.7 Å². The highest BCUT2D eigenvalue weighted by atomic mass is 16.4. The molecule has 1 heterocycles. The maximum Gasteiger partial charge on any atom is 0.323 e. The van der Waals surface area contributed by atoms with E-state index in [9.17, 15) is 14.4 Å². The molecular formula is C18H24N2O4. The molecule has 2 rings (SSSR count). The van der Waals surface area contributed by atoms with Crippen LogP contribution in [0.15, 0.2) is 24.3 Å². The number of rotatable bonds is 7. The highest BCUT2D eigenvalue weighted by Gasteiger charge is 2.26. The number of benzene rings is 1. The van der Waals surface area contributed by atoms with E-state index in [2.05, 4.69) is 0 Å². The molecule has 130 valence electrons. The first-order valence-corrected chi connectivity index (χ1v) is 8.33. The second-order valence-electron chi connectivity index (χ2n) is 6.10. The Hall–Kier alpha value is -2.37. The summed E-state index contributed by atoms with van der Waals surface area (Å²) in [6.07, 6.45) is 1.97. The normalized spacial score (nSPS) is 14.9. The van der Waals surface area contributed by atoms with Crippen molar-refractivity contribution in [3.63, 3.8) is 0 Å². The van der Waals surface area contributed by atoms with E-state index in [0.29, 0.717) is 12.8 Å². The van der Waals surface area contributed by atoms with Crippen LogP contribution >= 0.6 is 0 Å². The summed E-state index contributed by atoms with van der Waals surface area (Å²) in [6.45, 7) is 3.72. The Balaban J connectivity index is 2.07. The first-order valence-electron chi connectivity index (χ1n) is 8.33. The number of hydrogen-bond acceptors (Lipinski definition) is 3. The van der Waals surface area contributed by atoms with E-state index in [4.69, 9.17) is 5.11 Å². The first kappa shape index (κ1) is 18.0. The van der Waals surface area contributed by atoms with Gasteiger partial charge in [0.2, 0.25) is 11.8 Å². The quantitative estimate of drug-likeness (QED) is 0.829. The van der Waals surface area contributed by atoms with Gasteiger partial charge in [0.25, 0.3) is 0 Å². The number of aryl methyl sites for hydroxylation is 1. The van der Waals surface area contributed by atoms with Gasteiger partial charge in [-0.3, -0.25) is 14.4 Å². The van der Waals surface area contributed by atoms with Crippen molar-refractivity contribution in [2.24, 2.45) is 0 Å². The maximum atomic E-state index is 12.5. The molecular weight excluding hydrogens is 308 g/mol. The van der Waals surface area contributed by atoms with Gasteiger partial charge in [-0.2, -0.15) is 0 Å². The number of carboxylic acids is 1. The third-order valence-corrected chi connectivity index (χ3v) is 4.49. The highest BCUT2D eigenvalue weighted by molar-refractivity contribution is 5.97. The predicted molar refractivity (Wildman–Crippen MR) is 90.8 cm³/mol. The van der Waals surface area contributed by atoms with Crippen molar-refractivity contribution in [1.29, 1.82) is 0 Å². The Labute approximate surface area is 142 Å². The number of anilines is 1. The Kier molecular flexibility index (Phi) is 5.95. The van der Waals surface area contributed by atoms with Crippen LogP contribution in [0.2, 0.25) is 0 Å². The number of para-hydroxylation sites is 1. The minimum atomic E-state index is -1.02. The fourth-order valence-electron chi connectivity index (χ4n) is 2.95. The van der Waals surface area contributed by atoms with Gasteiger partial charge in [-0.1, -0.05) is 25.1 Å². The Morgan fingerprint density at radius 3 is 2.67 bits per heavy atom. The summed E-state index contributed by atoms with van der Waals surface area (Å²) in [7, 11) is 0. The summed E-state index contributed by atoms with van der Waals surface area (Å²) in [5.41, 5.74) is 1.96. The fourth-order valence-corrected chi connectivity index (χ4v) is 2.95. The number of nitrogens with zero attached hydrogens (tertiary/aromatic N) is 2. The summed E-state index contributed by atoms with van der Waals surface area (Å²) >= 11 is 0. The number of hydrogen-bond donors (Lipinski definition) is 1. The van der Waals surface area contributed by atoms with E-state index >= 15 is 0 Å². The molecule has 0 bridgehead atoms. The molecule has 6 heteroatoms. The Morgan fingerprint density at radius 2 is 2.00 bits per heavy atom. The second-order valence-corrected chi connectivity index (χ2v) is 6.10. The van der Waals surface area contributed by atoms with Crippen molar-refractivity contribution >= 4 is 23.5 Å². The zero-order chi connectivity index (χ0) is 17.7. The molecule has 1 N–H and O–H groups in total. The lowest BCUT2D eigenvalue weighted by atomic mass is 10.0. The largest absolute Gasteiger partial charge is 0.480 e. The molecule has 1 atom stereocenters. The zero-order valence-corrected chi connectivity index (χ0v) is 14.2. The van der Waals surface area contributed by atoms with E-state index < -0.39 is 5.97 Å². The minimum absolute atomic E-state index is 0.00910. The van der Waals surface area contributed by atoms with E-state index in [1.54, 1.807) is 4.90 Å². The highest BCUT2D eigenvalue weighted by Crippen LogP contribution is 2.27. The summed E-state index contributed by atoms with van der Waals surface area (Å²) in [5.74, 6) is -1.25. The van der Waals surface area contributed by atoms with Gasteiger partial charge in [-0.15, -0.1) is 0 Å². The molecule has 0 spiro atoms. The number of carbonyl (C=O) groups is 3. The van der Waals surface area contributed by atoms with Crippen molar-refractivity contribution in [3.8, 4) is 0 Å². The van der Waals surface area contributed by atoms with Crippen LogP contribution in [0.5, 0.6) is 0 Å². The standard InChI is InChI=1S/C18H24N2O4/c1-3-13(2)20(12-18(23)24)17(22)10-11-19-15-7-5-4-6-14(15)8-9-16(19)21/h4-7,13H,3,8-12H2,1-2H3,(H,23,24). The lowest BCUT2D eigenvalue weighted by Crippen LogP contribution is -2.44. The monoisotopic (exact) mass is 332 g/mol. The number of carbonyl (C=O) groups excluding carboxylic acids is 2. The van der Waals surface area contributed by atoms with Crippen LogP contribution in [0, 0.1) is 0 Å². The number of aliphatic carboxylic acids is 1. The fraction of sp³-hybridized carbons (Fsp3) is 0.500. The Morgan fingerprint density at radius 1 is 1.29 bits per heavy atom. The number of amides is 2. The molecule has 24 heavy (non-hydrogen) atoms. The third kappa shape index (κ3) is 4.13. The molecule has 0 saturated carbocycles. The van der Waals surface area contributed by atoms with Gasteiger partial charge in [-0.05, 0) is 31.4 Å². The van der Waals surface area contributed by atoms with Gasteiger partial charge in [0, 0.05) is 31.1 Å². The molecule has 0 saturated heterocycles. The molecule has 0 aliphatic carbocycles. The van der Waals surface area contributed by atoms with Crippen molar-refractivity contribution < 1.29 is 19.5 Å². The van der Waals surface area contributed by atoms with Crippen molar-refractivity contribution in [2.75, 3.05) is 18.0 Å². The van der Waals surface area contributed by atoms with Crippen LogP contribution < -0.4 is 4.90 Å². The lowest BCUT2D eigenvalue weighted by molar-refractivity contribution is -0.146. The van der Waals surface area contributed by atoms with Crippen molar-refractivity contribution in [3.05, 3.63) is 29.8 Å². The van der Waals surface area contributed by atoms with Crippen molar-refractivity contribution in [1.82, 2.24) is 4.90 Å². The van der Waals surface area contributed by atoms with E-state index in [-0.39, 0.29) is 37.4 Å². The average Bonchev–Trinajstić information content (AvgIpc) is 2.57. The van der Waals surface area contributed by atoms with Gasteiger partial charge in [0.15, 0.2) is 0 Å². The predicted octanol–water partition coefficient (Wildman–Crippen LogP) is 2.07. The smallest absolute Gasteiger partial charge is 0.323 e. The summed E-state index contributed by atoms with van der Waals surface area (Å²) in [6, 6.07) is 7.56. The Bertz CT molecular complexity index is 629. The molecule has 2 amide bonds. The van der Waals surface area contributed by atoms with E-state index in [1.165, 1.54) is 4.90 Å². The molecule has 1 unspecified atom stereocenters. The molecule has 1 aliphatic rings. The van der Waals surface area contributed by atoms with Gasteiger partial charge >= 0.3 is 5.97 Å². The average molecular weight is 332 g/mol. The molecule has 0 fully saturated rings. The van der Waals surface area contributed by atoms with E-state index in [0.717, 1.165) is 17.7 Å². The maximum absolute atomic E-state index is 12.5. The molecule has 1 aliphatic heterocycles. The molecule has 0 aromatic heterocycles. The SMILES string of the molecule is CCC(C)N(CC(=O)O)C(=O)CCN1C(=O)CCc2ccccc21. The third-order valence-electron chi connectivity index (χ3n) is 4.49. The van der Waals surface area contributed by atoms with Gasteiger partial charge < -0.3 is 14.9 Å². The summed E-state index contributed by atoms with van der Waals surface area (Å²) in [5, 5.41) is 9.01. The second kappa shape index (κ2) is 7.95. The van der Waals surface area contributed by atoms with Crippen LogP contribution in [-0.4, -0.2) is 46.9 Å². The van der Waals surface area contributed by atoms with E-state index in [1.807, 2.05) is 38.1 Å². The molecule has 1 aromatic rings. The number of fused-ring (bicyclic) bond motifs is 1. The van der Waals surface area contributed by atoms with Gasteiger partial charge in [-0.25, -0.2) is 0 Å². The summed E-state index contributed by atoms with van der Waals surface area (Å²) in [4.78, 5) is 38.7. The number of carboxylic acid groups (broad SMARTS) is 1. The van der Waals surface area contributed by atoms with Crippen LogP contribution in [-0.2, 0) is 20.8 Å². The van der Waals surface area contributed by atoms with Crippen LogP contribution in [0.25, 0.3) is 0 Å². The lowest BCUT2D eigenvalue weighted by Gasteiger charge is -2.31. The van der Waals surface area contributed by atoms with Gasteiger partial charge in [0.1, 0.15) is 6.54 Å².